The van der Waals surface area contributed by atoms with Crippen LogP contribution >= 0.6 is 0 Å². The second-order valence-corrected chi connectivity index (χ2v) is 7.36. The first-order valence-electron chi connectivity index (χ1n) is 9.95. The molecule has 6 heteroatoms. The van der Waals surface area contributed by atoms with Crippen LogP contribution in [0.15, 0.2) is 64.5 Å². The molecule has 0 radical (unpaired) electrons. The predicted molar refractivity (Wildman–Crippen MR) is 108 cm³/mol. The number of benzene rings is 1. The number of furan rings is 1. The molecule has 2 aromatic rings. The summed E-state index contributed by atoms with van der Waals surface area (Å²) in [4.78, 5) is 27.2. The molecule has 1 aliphatic rings. The fourth-order valence-corrected chi connectivity index (χ4v) is 3.50. The molecule has 154 valence electrons. The van der Waals surface area contributed by atoms with Crippen LogP contribution in [-0.4, -0.2) is 41.0 Å². The number of ether oxygens (including phenoxy) is 1. The lowest BCUT2D eigenvalue weighted by Crippen LogP contribution is -2.32. The number of carbonyl (C=O) groups excluding carboxylic acids is 2. The number of carbonyl (C=O) groups is 2. The molecule has 0 aliphatic carbocycles. The Balaban J connectivity index is 1.76. The molecule has 0 saturated carbocycles. The second-order valence-electron chi connectivity index (χ2n) is 7.36. The van der Waals surface area contributed by atoms with Gasteiger partial charge in [0.15, 0.2) is 11.5 Å². The topological polar surface area (TPSA) is 80.0 Å². The number of aryl methyl sites for hydroxylation is 1. The van der Waals surface area contributed by atoms with Crippen molar-refractivity contribution in [1.82, 2.24) is 4.90 Å². The Hall–Kier alpha value is -2.86. The maximum Gasteiger partial charge on any atom is 0.290 e. The van der Waals surface area contributed by atoms with Gasteiger partial charge in [-0.3, -0.25) is 9.59 Å². The van der Waals surface area contributed by atoms with E-state index >= 15 is 0 Å². The third-order valence-electron chi connectivity index (χ3n) is 4.89. The zero-order chi connectivity index (χ0) is 20.8. The summed E-state index contributed by atoms with van der Waals surface area (Å²) in [6.07, 6.45) is 2.95. The summed E-state index contributed by atoms with van der Waals surface area (Å²) in [5.41, 5.74) is 1.15. The van der Waals surface area contributed by atoms with Crippen molar-refractivity contribution in [2.45, 2.75) is 45.3 Å². The van der Waals surface area contributed by atoms with Gasteiger partial charge in [0, 0.05) is 19.6 Å². The van der Waals surface area contributed by atoms with Gasteiger partial charge in [0.05, 0.1) is 17.9 Å². The lowest BCUT2D eigenvalue weighted by molar-refractivity contribution is -0.129. The Labute approximate surface area is 170 Å². The summed E-state index contributed by atoms with van der Waals surface area (Å²) in [5.74, 6) is -0.800. The number of ketones is 1. The van der Waals surface area contributed by atoms with Crippen LogP contribution in [0.4, 0.5) is 0 Å². The molecule has 1 aliphatic heterocycles. The van der Waals surface area contributed by atoms with E-state index in [0.29, 0.717) is 31.8 Å². The standard InChI is InChI=1S/C23H27NO5/c1-16(2)28-15-7-13-24-21(19-10-6-14-29-19)20(22(26)23(24)27)18(25)12-11-17-8-4-3-5-9-17/h3-6,8-10,14,16,21,26H,7,11-13,15H2,1-2H3. The minimum absolute atomic E-state index is 0.104. The molecular weight excluding hydrogens is 370 g/mol. The van der Waals surface area contributed by atoms with Gasteiger partial charge in [0.2, 0.25) is 0 Å². The molecule has 3 rings (SSSR count). The SMILES string of the molecule is CC(C)OCCCN1C(=O)C(O)=C(C(=O)CCc2ccccc2)C1c1ccco1. The molecule has 6 nitrogen and oxygen atoms in total. The van der Waals surface area contributed by atoms with Gasteiger partial charge in [0.25, 0.3) is 5.91 Å². The highest BCUT2D eigenvalue weighted by molar-refractivity contribution is 6.08. The average Bonchev–Trinajstić information content (AvgIpc) is 3.32. The lowest BCUT2D eigenvalue weighted by Gasteiger charge is -2.25. The van der Waals surface area contributed by atoms with Crippen LogP contribution in [-0.2, 0) is 20.7 Å². The number of hydrogen-bond acceptors (Lipinski definition) is 5. The van der Waals surface area contributed by atoms with Gasteiger partial charge in [-0.1, -0.05) is 30.3 Å². The van der Waals surface area contributed by atoms with E-state index in [9.17, 15) is 14.7 Å². The lowest BCUT2D eigenvalue weighted by atomic mass is 9.96. The van der Waals surface area contributed by atoms with E-state index in [-0.39, 0.29) is 23.9 Å². The van der Waals surface area contributed by atoms with Crippen LogP contribution < -0.4 is 0 Å². The first-order valence-corrected chi connectivity index (χ1v) is 9.95. The molecule has 0 spiro atoms. The Morgan fingerprint density at radius 1 is 1.21 bits per heavy atom. The van der Waals surface area contributed by atoms with E-state index in [0.717, 1.165) is 5.56 Å². The van der Waals surface area contributed by atoms with Gasteiger partial charge in [-0.15, -0.1) is 0 Å². The maximum absolute atomic E-state index is 13.0. The van der Waals surface area contributed by atoms with Crippen molar-refractivity contribution >= 4 is 11.7 Å². The highest BCUT2D eigenvalue weighted by atomic mass is 16.5. The van der Waals surface area contributed by atoms with E-state index in [4.69, 9.17) is 9.15 Å². The van der Waals surface area contributed by atoms with Crippen LogP contribution in [0.3, 0.4) is 0 Å². The molecule has 1 unspecified atom stereocenters. The van der Waals surface area contributed by atoms with E-state index in [2.05, 4.69) is 0 Å². The molecule has 0 bridgehead atoms. The third-order valence-corrected chi connectivity index (χ3v) is 4.89. The molecule has 29 heavy (non-hydrogen) atoms. The van der Waals surface area contributed by atoms with E-state index < -0.39 is 17.7 Å². The zero-order valence-electron chi connectivity index (χ0n) is 16.8. The number of aliphatic hydroxyl groups excluding tert-OH is 1. The Bertz CT molecular complexity index is 855. The monoisotopic (exact) mass is 397 g/mol. The molecule has 1 amide bonds. The first kappa shape index (κ1) is 20.9. The highest BCUT2D eigenvalue weighted by Gasteiger charge is 2.44. The maximum atomic E-state index is 13.0. The zero-order valence-corrected chi connectivity index (χ0v) is 16.8. The Morgan fingerprint density at radius 3 is 2.62 bits per heavy atom. The number of nitrogens with zero attached hydrogens (tertiary/aromatic N) is 1. The Morgan fingerprint density at radius 2 is 1.97 bits per heavy atom. The summed E-state index contributed by atoms with van der Waals surface area (Å²) in [6.45, 7) is 4.74. The second kappa shape index (κ2) is 9.56. The number of aliphatic hydroxyl groups is 1. The molecule has 0 fully saturated rings. The van der Waals surface area contributed by atoms with Crippen molar-refractivity contribution in [2.75, 3.05) is 13.2 Å². The van der Waals surface area contributed by atoms with Crippen molar-refractivity contribution < 1.29 is 23.8 Å². The normalized spacial score (nSPS) is 16.9. The number of hydrogen-bond donors (Lipinski definition) is 1. The highest BCUT2D eigenvalue weighted by Crippen LogP contribution is 2.38. The quantitative estimate of drug-likeness (QED) is 0.613. The minimum atomic E-state index is -0.708. The average molecular weight is 397 g/mol. The fourth-order valence-electron chi connectivity index (χ4n) is 3.50. The van der Waals surface area contributed by atoms with E-state index in [1.165, 1.54) is 11.2 Å². The number of rotatable bonds is 10. The van der Waals surface area contributed by atoms with Gasteiger partial charge in [-0.2, -0.15) is 0 Å². The molecule has 0 saturated heterocycles. The number of amides is 1. The number of Topliss-reactive ketones (excluding diaryl/α,β-unsaturated/α-hetero) is 1. The fraction of sp³-hybridized carbons (Fsp3) is 0.391. The smallest absolute Gasteiger partial charge is 0.290 e. The summed E-state index contributed by atoms with van der Waals surface area (Å²) >= 11 is 0. The van der Waals surface area contributed by atoms with Gasteiger partial charge in [0.1, 0.15) is 11.8 Å². The van der Waals surface area contributed by atoms with Crippen LogP contribution in [0, 0.1) is 0 Å². The molecule has 1 N–H and O–H groups in total. The van der Waals surface area contributed by atoms with Crippen molar-refractivity contribution in [2.24, 2.45) is 0 Å². The molecule has 1 aromatic carbocycles. The summed E-state index contributed by atoms with van der Waals surface area (Å²) < 4.78 is 11.1. The Kier molecular flexibility index (Phi) is 6.88. The van der Waals surface area contributed by atoms with Crippen LogP contribution in [0.2, 0.25) is 0 Å². The molecule has 1 aromatic heterocycles. The third kappa shape index (κ3) is 4.95. The van der Waals surface area contributed by atoms with E-state index in [1.54, 1.807) is 12.1 Å². The van der Waals surface area contributed by atoms with Crippen molar-refractivity contribution in [1.29, 1.82) is 0 Å². The van der Waals surface area contributed by atoms with Gasteiger partial charge < -0.3 is 19.2 Å². The first-order chi connectivity index (χ1) is 14.0. The molecule has 1 atom stereocenters. The summed E-state index contributed by atoms with van der Waals surface area (Å²) in [6, 6.07) is 12.4. The minimum Gasteiger partial charge on any atom is -0.503 e. The predicted octanol–water partition coefficient (Wildman–Crippen LogP) is 3.99. The van der Waals surface area contributed by atoms with Crippen molar-refractivity contribution in [3.63, 3.8) is 0 Å². The summed E-state index contributed by atoms with van der Waals surface area (Å²) in [5, 5.41) is 10.5. The van der Waals surface area contributed by atoms with Gasteiger partial charge in [-0.05, 0) is 44.4 Å². The molecule has 2 heterocycles. The van der Waals surface area contributed by atoms with Crippen molar-refractivity contribution in [3.05, 3.63) is 71.4 Å². The van der Waals surface area contributed by atoms with E-state index in [1.807, 2.05) is 44.2 Å². The summed E-state index contributed by atoms with van der Waals surface area (Å²) in [7, 11) is 0. The largest absolute Gasteiger partial charge is 0.503 e. The van der Waals surface area contributed by atoms with Crippen LogP contribution in [0.25, 0.3) is 0 Å². The molecular formula is C23H27NO5. The van der Waals surface area contributed by atoms with Crippen molar-refractivity contribution in [3.8, 4) is 0 Å². The van der Waals surface area contributed by atoms with Gasteiger partial charge in [-0.25, -0.2) is 0 Å². The van der Waals surface area contributed by atoms with Gasteiger partial charge >= 0.3 is 0 Å². The van der Waals surface area contributed by atoms with Crippen LogP contribution in [0.5, 0.6) is 0 Å². The van der Waals surface area contributed by atoms with Crippen LogP contribution in [0.1, 0.15) is 44.1 Å².